The first-order valence-electron chi connectivity index (χ1n) is 9.29. The Morgan fingerprint density at radius 3 is 2.86 bits per heavy atom. The minimum atomic E-state index is -0.359. The van der Waals surface area contributed by atoms with Crippen LogP contribution in [0.1, 0.15) is 43.0 Å². The van der Waals surface area contributed by atoms with Crippen molar-refractivity contribution < 1.29 is 9.53 Å². The molecule has 1 N–H and O–H groups in total. The first kappa shape index (κ1) is 20.5. The van der Waals surface area contributed by atoms with E-state index in [1.807, 2.05) is 13.0 Å². The Bertz CT molecular complexity index is 927. The number of carbonyl (C=O) groups excluding carboxylic acids is 1. The van der Waals surface area contributed by atoms with Crippen molar-refractivity contribution in [3.63, 3.8) is 0 Å². The van der Waals surface area contributed by atoms with Crippen LogP contribution in [0.25, 0.3) is 0 Å². The third-order valence-corrected chi connectivity index (χ3v) is 6.38. The van der Waals surface area contributed by atoms with Gasteiger partial charge in [0, 0.05) is 11.4 Å². The number of halogens is 1. The van der Waals surface area contributed by atoms with Gasteiger partial charge in [-0.25, -0.2) is 4.98 Å². The van der Waals surface area contributed by atoms with E-state index in [1.165, 1.54) is 11.8 Å². The SMILES string of the molecule is CCC(Sc1nc2c(cc1C#N)CCCC2)C(=O)Nc1ccc(OC)c(Cl)c1. The number of pyridine rings is 1. The van der Waals surface area contributed by atoms with Crippen molar-refractivity contribution in [2.45, 2.75) is 49.3 Å². The molecule has 28 heavy (non-hydrogen) atoms. The quantitative estimate of drug-likeness (QED) is 0.671. The number of ether oxygens (including phenoxy) is 1. The van der Waals surface area contributed by atoms with Crippen LogP contribution in [0.5, 0.6) is 5.75 Å². The second-order valence-electron chi connectivity index (χ2n) is 6.62. The molecule has 0 saturated heterocycles. The highest BCUT2D eigenvalue weighted by Gasteiger charge is 2.23. The standard InChI is InChI=1S/C21H22ClN3O2S/c1-3-19(20(26)24-15-8-9-18(27-2)16(22)11-15)28-21-14(12-23)10-13-6-4-5-7-17(13)25-21/h8-11,19H,3-7H2,1-2H3,(H,24,26). The van der Waals surface area contributed by atoms with Crippen LogP contribution in [0.4, 0.5) is 5.69 Å². The Kier molecular flexibility index (Phi) is 6.82. The molecule has 0 aliphatic heterocycles. The summed E-state index contributed by atoms with van der Waals surface area (Å²) in [6.07, 6.45) is 4.77. The van der Waals surface area contributed by atoms with Crippen molar-refractivity contribution in [3.05, 3.63) is 46.1 Å². The van der Waals surface area contributed by atoms with Crippen molar-refractivity contribution in [2.24, 2.45) is 0 Å². The first-order valence-corrected chi connectivity index (χ1v) is 10.6. The molecular weight excluding hydrogens is 394 g/mol. The monoisotopic (exact) mass is 415 g/mol. The number of methoxy groups -OCH3 is 1. The Morgan fingerprint density at radius 1 is 1.39 bits per heavy atom. The number of thioether (sulfide) groups is 1. The van der Waals surface area contributed by atoms with E-state index in [-0.39, 0.29) is 11.2 Å². The van der Waals surface area contributed by atoms with Crippen LogP contribution in [-0.4, -0.2) is 23.3 Å². The molecule has 0 spiro atoms. The van der Waals surface area contributed by atoms with Gasteiger partial charge in [-0.3, -0.25) is 4.79 Å². The molecule has 1 aromatic heterocycles. The summed E-state index contributed by atoms with van der Waals surface area (Å²) in [7, 11) is 1.54. The van der Waals surface area contributed by atoms with Gasteiger partial charge >= 0.3 is 0 Å². The second kappa shape index (κ2) is 9.31. The summed E-state index contributed by atoms with van der Waals surface area (Å²) in [5, 5.41) is 13.1. The van der Waals surface area contributed by atoms with Crippen molar-refractivity contribution in [1.82, 2.24) is 4.98 Å². The van der Waals surface area contributed by atoms with E-state index in [1.54, 1.807) is 25.3 Å². The van der Waals surface area contributed by atoms with E-state index < -0.39 is 0 Å². The second-order valence-corrected chi connectivity index (χ2v) is 8.22. The fourth-order valence-electron chi connectivity index (χ4n) is 3.21. The predicted molar refractivity (Wildman–Crippen MR) is 112 cm³/mol. The molecule has 0 radical (unpaired) electrons. The number of aryl methyl sites for hydroxylation is 2. The molecule has 7 heteroatoms. The van der Waals surface area contributed by atoms with Gasteiger partial charge in [-0.1, -0.05) is 30.3 Å². The van der Waals surface area contributed by atoms with E-state index in [9.17, 15) is 10.1 Å². The number of hydrogen-bond donors (Lipinski definition) is 1. The van der Waals surface area contributed by atoms with Gasteiger partial charge in [0.2, 0.25) is 5.91 Å². The normalized spacial score (nSPS) is 13.9. The molecule has 146 valence electrons. The molecule has 5 nitrogen and oxygen atoms in total. The van der Waals surface area contributed by atoms with Gasteiger partial charge in [-0.2, -0.15) is 5.26 Å². The van der Waals surface area contributed by atoms with Crippen molar-refractivity contribution in [1.29, 1.82) is 5.26 Å². The van der Waals surface area contributed by atoms with Crippen molar-refractivity contribution >= 4 is 35.0 Å². The number of nitrogens with zero attached hydrogens (tertiary/aromatic N) is 2. The average molecular weight is 416 g/mol. The number of nitriles is 1. The number of carbonyl (C=O) groups is 1. The molecule has 0 fully saturated rings. The summed E-state index contributed by atoms with van der Waals surface area (Å²) in [6, 6.07) is 9.30. The third kappa shape index (κ3) is 4.60. The van der Waals surface area contributed by atoms with E-state index >= 15 is 0 Å². The molecule has 2 aromatic rings. The number of benzene rings is 1. The molecule has 1 heterocycles. The molecule has 1 amide bonds. The molecule has 0 saturated carbocycles. The van der Waals surface area contributed by atoms with Crippen LogP contribution >= 0.6 is 23.4 Å². The number of hydrogen-bond acceptors (Lipinski definition) is 5. The lowest BCUT2D eigenvalue weighted by Gasteiger charge is -2.19. The minimum Gasteiger partial charge on any atom is -0.495 e. The number of amides is 1. The molecule has 1 aliphatic carbocycles. The zero-order valence-electron chi connectivity index (χ0n) is 15.9. The van der Waals surface area contributed by atoms with Crippen molar-refractivity contribution in [3.8, 4) is 11.8 Å². The molecule has 3 rings (SSSR count). The molecule has 0 bridgehead atoms. The van der Waals surface area contributed by atoms with Gasteiger partial charge < -0.3 is 10.1 Å². The molecule has 1 atom stereocenters. The van der Waals surface area contributed by atoms with Crippen LogP contribution in [0.2, 0.25) is 5.02 Å². The number of aromatic nitrogens is 1. The Hall–Kier alpha value is -2.23. The average Bonchev–Trinajstić information content (AvgIpc) is 2.71. The van der Waals surface area contributed by atoms with Gasteiger partial charge in [0.1, 0.15) is 16.8 Å². The minimum absolute atomic E-state index is 0.142. The highest BCUT2D eigenvalue weighted by molar-refractivity contribution is 8.00. The summed E-state index contributed by atoms with van der Waals surface area (Å²) >= 11 is 7.48. The van der Waals surface area contributed by atoms with Crippen LogP contribution in [0, 0.1) is 11.3 Å². The van der Waals surface area contributed by atoms with Gasteiger partial charge in [-0.05, 0) is 61.9 Å². The maximum absolute atomic E-state index is 12.8. The molecular formula is C21H22ClN3O2S. The maximum atomic E-state index is 12.8. The van der Waals surface area contributed by atoms with E-state index in [0.29, 0.717) is 33.5 Å². The summed E-state index contributed by atoms with van der Waals surface area (Å²) in [6.45, 7) is 1.95. The van der Waals surface area contributed by atoms with Crippen LogP contribution in [-0.2, 0) is 17.6 Å². The maximum Gasteiger partial charge on any atom is 0.237 e. The van der Waals surface area contributed by atoms with E-state index in [4.69, 9.17) is 21.3 Å². The first-order chi connectivity index (χ1) is 13.5. The van der Waals surface area contributed by atoms with Gasteiger partial charge in [0.15, 0.2) is 0 Å². The Balaban J connectivity index is 1.77. The summed E-state index contributed by atoms with van der Waals surface area (Å²) < 4.78 is 5.14. The fourth-order valence-corrected chi connectivity index (χ4v) is 4.46. The topological polar surface area (TPSA) is 75.0 Å². The van der Waals surface area contributed by atoms with E-state index in [2.05, 4.69) is 11.4 Å². The zero-order chi connectivity index (χ0) is 20.1. The Labute approximate surface area is 174 Å². The van der Waals surface area contributed by atoms with Gasteiger partial charge in [-0.15, -0.1) is 0 Å². The summed E-state index contributed by atoms with van der Waals surface area (Å²) in [4.78, 5) is 17.5. The lowest BCUT2D eigenvalue weighted by Crippen LogP contribution is -2.25. The predicted octanol–water partition coefficient (Wildman–Crippen LogP) is 5.00. The number of rotatable bonds is 6. The summed E-state index contributed by atoms with van der Waals surface area (Å²) in [5.74, 6) is 0.412. The number of anilines is 1. The zero-order valence-corrected chi connectivity index (χ0v) is 17.5. The largest absolute Gasteiger partial charge is 0.495 e. The van der Waals surface area contributed by atoms with Crippen LogP contribution in [0.15, 0.2) is 29.3 Å². The molecule has 1 unspecified atom stereocenters. The lowest BCUT2D eigenvalue weighted by molar-refractivity contribution is -0.115. The van der Waals surface area contributed by atoms with Crippen LogP contribution < -0.4 is 10.1 Å². The molecule has 1 aromatic carbocycles. The van der Waals surface area contributed by atoms with Gasteiger partial charge in [0.25, 0.3) is 0 Å². The summed E-state index contributed by atoms with van der Waals surface area (Å²) in [5.41, 5.74) is 3.38. The number of fused-ring (bicyclic) bond motifs is 1. The van der Waals surface area contributed by atoms with Crippen molar-refractivity contribution in [2.75, 3.05) is 12.4 Å². The number of nitrogens with one attached hydrogen (secondary N) is 1. The molecule has 1 aliphatic rings. The smallest absolute Gasteiger partial charge is 0.237 e. The highest BCUT2D eigenvalue weighted by Crippen LogP contribution is 2.32. The van der Waals surface area contributed by atoms with E-state index in [0.717, 1.165) is 36.9 Å². The highest BCUT2D eigenvalue weighted by atomic mass is 35.5. The van der Waals surface area contributed by atoms with Gasteiger partial charge in [0.05, 0.1) is 22.9 Å². The lowest BCUT2D eigenvalue weighted by atomic mass is 9.95. The Morgan fingerprint density at radius 2 is 2.18 bits per heavy atom. The fraction of sp³-hybridized carbons (Fsp3) is 0.381. The van der Waals surface area contributed by atoms with Crippen LogP contribution in [0.3, 0.4) is 0 Å². The third-order valence-electron chi connectivity index (χ3n) is 4.72.